The Hall–Kier alpha value is -0.990. The van der Waals surface area contributed by atoms with Gasteiger partial charge in [0.2, 0.25) is 0 Å². The molecular formula is C46H92NO8P. The number of phosphoric acid groups is 1. The van der Waals surface area contributed by atoms with Gasteiger partial charge in [0.15, 0.2) is 6.10 Å². The minimum atomic E-state index is -4.34. The molecule has 0 bridgehead atoms. The largest absolute Gasteiger partial charge is 0.472 e. The van der Waals surface area contributed by atoms with Crippen LogP contribution in [0.4, 0.5) is 0 Å². The topological polar surface area (TPSA) is 120 Å². The van der Waals surface area contributed by atoms with E-state index in [1.54, 1.807) is 7.05 Å². The van der Waals surface area contributed by atoms with Crippen molar-refractivity contribution in [2.75, 3.05) is 33.4 Å². The highest BCUT2D eigenvalue weighted by Gasteiger charge is 2.26. The van der Waals surface area contributed by atoms with Crippen molar-refractivity contribution in [1.29, 1.82) is 0 Å². The second kappa shape index (κ2) is 43.6. The van der Waals surface area contributed by atoms with E-state index in [9.17, 15) is 19.0 Å². The van der Waals surface area contributed by atoms with E-state index in [0.717, 1.165) is 32.1 Å². The fourth-order valence-electron chi connectivity index (χ4n) is 7.09. The summed E-state index contributed by atoms with van der Waals surface area (Å²) in [6.07, 6.45) is 42.9. The number of carbonyl (C=O) groups is 2. The molecule has 10 heteroatoms. The summed E-state index contributed by atoms with van der Waals surface area (Å²) in [7, 11) is -2.64. The predicted octanol–water partition coefficient (Wildman–Crippen LogP) is 13.9. The van der Waals surface area contributed by atoms with Crippen LogP contribution < -0.4 is 5.32 Å². The lowest BCUT2D eigenvalue weighted by Gasteiger charge is -2.20. The lowest BCUT2D eigenvalue weighted by atomic mass is 10.0. The summed E-state index contributed by atoms with van der Waals surface area (Å²) < 4.78 is 33.3. The lowest BCUT2D eigenvalue weighted by Crippen LogP contribution is -2.29. The van der Waals surface area contributed by atoms with Gasteiger partial charge in [0, 0.05) is 19.4 Å². The molecule has 56 heavy (non-hydrogen) atoms. The molecule has 0 spiro atoms. The quantitative estimate of drug-likeness (QED) is 0.0351. The number of rotatable bonds is 46. The summed E-state index contributed by atoms with van der Waals surface area (Å²) in [6.45, 7) is 4.28. The van der Waals surface area contributed by atoms with Crippen LogP contribution in [0.15, 0.2) is 0 Å². The van der Waals surface area contributed by atoms with E-state index >= 15 is 0 Å². The average Bonchev–Trinajstić information content (AvgIpc) is 3.18. The molecule has 0 aromatic carbocycles. The van der Waals surface area contributed by atoms with Crippen LogP contribution in [0.1, 0.15) is 245 Å². The van der Waals surface area contributed by atoms with Crippen LogP contribution in [0.2, 0.25) is 0 Å². The number of unbranched alkanes of at least 4 members (excludes halogenated alkanes) is 32. The zero-order chi connectivity index (χ0) is 41.1. The summed E-state index contributed by atoms with van der Waals surface area (Å²) in [5, 5.41) is 2.83. The van der Waals surface area contributed by atoms with E-state index in [2.05, 4.69) is 19.2 Å². The van der Waals surface area contributed by atoms with Crippen LogP contribution >= 0.6 is 7.82 Å². The number of ether oxygens (including phenoxy) is 2. The maximum absolute atomic E-state index is 12.6. The van der Waals surface area contributed by atoms with Crippen molar-refractivity contribution in [2.45, 2.75) is 251 Å². The molecule has 0 aromatic rings. The number of hydrogen-bond acceptors (Lipinski definition) is 8. The zero-order valence-electron chi connectivity index (χ0n) is 37.1. The molecule has 334 valence electrons. The molecule has 0 fully saturated rings. The average molecular weight is 818 g/mol. The van der Waals surface area contributed by atoms with Crippen molar-refractivity contribution in [3.05, 3.63) is 0 Å². The van der Waals surface area contributed by atoms with Gasteiger partial charge in [-0.25, -0.2) is 4.57 Å². The zero-order valence-corrected chi connectivity index (χ0v) is 38.0. The molecule has 0 aliphatic heterocycles. The van der Waals surface area contributed by atoms with E-state index < -0.39 is 26.5 Å². The summed E-state index contributed by atoms with van der Waals surface area (Å²) >= 11 is 0. The van der Waals surface area contributed by atoms with Crippen LogP contribution in [0, 0.1) is 0 Å². The summed E-state index contributed by atoms with van der Waals surface area (Å²) in [6, 6.07) is 0. The fraction of sp³-hybridized carbons (Fsp3) is 0.957. The normalized spacial score (nSPS) is 13.1. The molecule has 0 aliphatic carbocycles. The second-order valence-electron chi connectivity index (χ2n) is 16.3. The van der Waals surface area contributed by atoms with Crippen molar-refractivity contribution < 1.29 is 37.6 Å². The Kier molecular flexibility index (Phi) is 42.8. The first kappa shape index (κ1) is 55.0. The summed E-state index contributed by atoms with van der Waals surface area (Å²) in [5.74, 6) is -0.788. The Morgan fingerprint density at radius 2 is 0.804 bits per heavy atom. The maximum atomic E-state index is 12.6. The minimum absolute atomic E-state index is 0.0116. The second-order valence-corrected chi connectivity index (χ2v) is 17.8. The van der Waals surface area contributed by atoms with Crippen LogP contribution in [0.25, 0.3) is 0 Å². The van der Waals surface area contributed by atoms with E-state index in [0.29, 0.717) is 19.4 Å². The van der Waals surface area contributed by atoms with Crippen molar-refractivity contribution in [1.82, 2.24) is 5.32 Å². The van der Waals surface area contributed by atoms with E-state index in [4.69, 9.17) is 18.5 Å². The number of hydrogen-bond donors (Lipinski definition) is 2. The van der Waals surface area contributed by atoms with Gasteiger partial charge in [0.05, 0.1) is 13.2 Å². The number of esters is 2. The van der Waals surface area contributed by atoms with Gasteiger partial charge in [-0.05, 0) is 19.9 Å². The number of carbonyl (C=O) groups excluding carboxylic acids is 2. The fourth-order valence-corrected chi connectivity index (χ4v) is 7.84. The minimum Gasteiger partial charge on any atom is -0.462 e. The first-order chi connectivity index (χ1) is 27.3. The van der Waals surface area contributed by atoms with Crippen molar-refractivity contribution in [3.63, 3.8) is 0 Å². The summed E-state index contributed by atoms with van der Waals surface area (Å²) in [5.41, 5.74) is 0. The Bertz CT molecular complexity index is 891. The first-order valence-electron chi connectivity index (χ1n) is 24.0. The first-order valence-corrected chi connectivity index (χ1v) is 25.5. The molecule has 2 N–H and O–H groups in total. The van der Waals surface area contributed by atoms with Crippen LogP contribution in [0.5, 0.6) is 0 Å². The molecule has 0 saturated carbocycles. The third-order valence-corrected chi connectivity index (χ3v) is 11.7. The van der Waals surface area contributed by atoms with Crippen LogP contribution in [-0.4, -0.2) is 56.3 Å². The number of likely N-dealkylation sites (N-methyl/N-ethyl adjacent to an activating group) is 1. The van der Waals surface area contributed by atoms with Gasteiger partial charge in [0.25, 0.3) is 0 Å². The molecular weight excluding hydrogens is 725 g/mol. The number of phosphoric ester groups is 1. The molecule has 0 saturated heterocycles. The van der Waals surface area contributed by atoms with Gasteiger partial charge in [-0.15, -0.1) is 0 Å². The molecule has 0 heterocycles. The SMILES string of the molecule is CCCCCCCCCCCCCCCCCCCCCCCC(=O)OCC(COP(=O)(O)OCCNC)OC(=O)CCCCCCCCCCCCCCC. The summed E-state index contributed by atoms with van der Waals surface area (Å²) in [4.78, 5) is 35.1. The van der Waals surface area contributed by atoms with Gasteiger partial charge in [-0.2, -0.15) is 0 Å². The highest BCUT2D eigenvalue weighted by atomic mass is 31.2. The smallest absolute Gasteiger partial charge is 0.462 e. The lowest BCUT2D eigenvalue weighted by molar-refractivity contribution is -0.161. The molecule has 0 radical (unpaired) electrons. The highest BCUT2D eigenvalue weighted by Crippen LogP contribution is 2.43. The van der Waals surface area contributed by atoms with Crippen molar-refractivity contribution >= 4 is 19.8 Å². The van der Waals surface area contributed by atoms with Crippen LogP contribution in [-0.2, 0) is 32.7 Å². The standard InChI is InChI=1S/C46H92NO8P/c1-4-6-8-10-12-14-16-18-19-20-21-22-23-24-25-27-28-30-32-34-36-38-45(48)52-42-44(43-54-56(50,51)53-41-40-47-3)55-46(49)39-37-35-33-31-29-26-17-15-13-11-9-7-5-2/h44,47H,4-43H2,1-3H3,(H,50,51). The van der Waals surface area contributed by atoms with E-state index in [1.807, 2.05) is 0 Å². The Morgan fingerprint density at radius 1 is 0.482 bits per heavy atom. The van der Waals surface area contributed by atoms with Crippen LogP contribution in [0.3, 0.4) is 0 Å². The molecule has 2 atom stereocenters. The number of nitrogens with one attached hydrogen (secondary N) is 1. The van der Waals surface area contributed by atoms with Gasteiger partial charge in [-0.1, -0.05) is 219 Å². The van der Waals surface area contributed by atoms with Gasteiger partial charge < -0.3 is 19.7 Å². The molecule has 0 aliphatic rings. The molecule has 0 amide bonds. The van der Waals surface area contributed by atoms with Crippen molar-refractivity contribution in [2.24, 2.45) is 0 Å². The van der Waals surface area contributed by atoms with Gasteiger partial charge in [0.1, 0.15) is 6.61 Å². The van der Waals surface area contributed by atoms with E-state index in [-0.39, 0.29) is 25.6 Å². The predicted molar refractivity (Wildman–Crippen MR) is 234 cm³/mol. The maximum Gasteiger partial charge on any atom is 0.472 e. The Morgan fingerprint density at radius 3 is 1.14 bits per heavy atom. The van der Waals surface area contributed by atoms with E-state index in [1.165, 1.54) is 180 Å². The monoisotopic (exact) mass is 818 g/mol. The van der Waals surface area contributed by atoms with Crippen molar-refractivity contribution in [3.8, 4) is 0 Å². The van der Waals surface area contributed by atoms with Gasteiger partial charge >= 0.3 is 19.8 Å². The molecule has 9 nitrogen and oxygen atoms in total. The molecule has 2 unspecified atom stereocenters. The molecule has 0 aromatic heterocycles. The third kappa shape index (κ3) is 42.6. The highest BCUT2D eigenvalue weighted by molar-refractivity contribution is 7.47. The third-order valence-electron chi connectivity index (χ3n) is 10.7. The Labute approximate surface area is 346 Å². The molecule has 0 rings (SSSR count). The van der Waals surface area contributed by atoms with Gasteiger partial charge in [-0.3, -0.25) is 18.6 Å². The Balaban J connectivity index is 4.05.